The first-order valence-electron chi connectivity index (χ1n) is 6.62. The number of aromatic amines is 1. The van der Waals surface area contributed by atoms with Crippen LogP contribution < -0.4 is 9.86 Å². The highest BCUT2D eigenvalue weighted by Gasteiger charge is 2.12. The summed E-state index contributed by atoms with van der Waals surface area (Å²) in [6.45, 7) is 1.73. The second-order valence-corrected chi connectivity index (χ2v) is 6.29. The van der Waals surface area contributed by atoms with Gasteiger partial charge in [-0.05, 0) is 18.6 Å². The molecule has 9 heteroatoms. The summed E-state index contributed by atoms with van der Waals surface area (Å²) in [6.07, 6.45) is 3.32. The molecule has 1 unspecified atom stereocenters. The fraction of sp³-hybridized carbons (Fsp3) is 0.143. The van der Waals surface area contributed by atoms with E-state index >= 15 is 0 Å². The number of fused-ring (bicyclic) bond motifs is 1. The maximum Gasteiger partial charge on any atom is 0.274 e. The van der Waals surface area contributed by atoms with E-state index in [2.05, 4.69) is 19.7 Å². The van der Waals surface area contributed by atoms with Crippen LogP contribution >= 0.6 is 12.4 Å². The van der Waals surface area contributed by atoms with E-state index in [9.17, 15) is 8.42 Å². The van der Waals surface area contributed by atoms with Crippen molar-refractivity contribution in [1.29, 1.82) is 0 Å². The maximum atomic E-state index is 11.1. The van der Waals surface area contributed by atoms with E-state index in [1.54, 1.807) is 6.92 Å². The van der Waals surface area contributed by atoms with Crippen molar-refractivity contribution in [3.63, 3.8) is 0 Å². The SMILES string of the molecule is CC(NS(N)(=O)=O)c1ccc(-c2ncnc3[nH]ccc23)cc1.Cl. The molecule has 0 bridgehead atoms. The molecule has 0 fully saturated rings. The summed E-state index contributed by atoms with van der Waals surface area (Å²) >= 11 is 0. The van der Waals surface area contributed by atoms with Crippen LogP contribution in [0.2, 0.25) is 0 Å². The van der Waals surface area contributed by atoms with Gasteiger partial charge in [0.25, 0.3) is 10.2 Å². The predicted octanol–water partition coefficient (Wildman–Crippen LogP) is 1.90. The van der Waals surface area contributed by atoms with Gasteiger partial charge in [-0.25, -0.2) is 15.1 Å². The van der Waals surface area contributed by atoms with Gasteiger partial charge in [-0.15, -0.1) is 12.4 Å². The highest BCUT2D eigenvalue weighted by Crippen LogP contribution is 2.26. The Hall–Kier alpha value is -2.00. The molecule has 7 nitrogen and oxygen atoms in total. The van der Waals surface area contributed by atoms with Crippen molar-refractivity contribution < 1.29 is 8.42 Å². The van der Waals surface area contributed by atoms with E-state index < -0.39 is 16.3 Å². The molecule has 0 spiro atoms. The van der Waals surface area contributed by atoms with Crippen LogP contribution in [0.1, 0.15) is 18.5 Å². The molecule has 0 saturated carbocycles. The predicted molar refractivity (Wildman–Crippen MR) is 91.2 cm³/mol. The summed E-state index contributed by atoms with van der Waals surface area (Å²) in [4.78, 5) is 11.5. The van der Waals surface area contributed by atoms with Crippen LogP contribution in [0.3, 0.4) is 0 Å². The van der Waals surface area contributed by atoms with Gasteiger partial charge in [0.2, 0.25) is 0 Å². The minimum Gasteiger partial charge on any atom is -0.346 e. The van der Waals surface area contributed by atoms with Crippen LogP contribution in [-0.2, 0) is 10.2 Å². The molecule has 0 aliphatic rings. The minimum atomic E-state index is -3.73. The first kappa shape index (κ1) is 17.4. The van der Waals surface area contributed by atoms with E-state index in [1.807, 2.05) is 36.5 Å². The Bertz CT molecular complexity index is 908. The zero-order valence-electron chi connectivity index (χ0n) is 12.2. The topological polar surface area (TPSA) is 114 Å². The monoisotopic (exact) mass is 353 g/mol. The minimum absolute atomic E-state index is 0. The highest BCUT2D eigenvalue weighted by molar-refractivity contribution is 7.87. The number of nitrogens with zero attached hydrogens (tertiary/aromatic N) is 2. The normalized spacial score (nSPS) is 12.8. The standard InChI is InChI=1S/C14H15N5O2S.ClH/c1-9(19-22(15,20)21)10-2-4-11(5-3-10)13-12-6-7-16-14(12)18-8-17-13;/h2-9,19H,1H3,(H2,15,20,21)(H,16,17,18);1H. The van der Waals surface area contributed by atoms with Gasteiger partial charge in [-0.3, -0.25) is 0 Å². The van der Waals surface area contributed by atoms with Crippen LogP contribution in [0, 0.1) is 0 Å². The Labute approximate surface area is 139 Å². The molecular weight excluding hydrogens is 338 g/mol. The van der Waals surface area contributed by atoms with Crippen molar-refractivity contribution >= 4 is 33.6 Å². The summed E-state index contributed by atoms with van der Waals surface area (Å²) in [5.41, 5.74) is 3.35. The maximum absolute atomic E-state index is 11.1. The molecule has 0 aliphatic carbocycles. The van der Waals surface area contributed by atoms with Crippen LogP contribution in [-0.4, -0.2) is 23.4 Å². The number of rotatable bonds is 4. The number of hydrogen-bond donors (Lipinski definition) is 3. The molecule has 0 aliphatic heterocycles. The zero-order valence-corrected chi connectivity index (χ0v) is 13.9. The average molecular weight is 354 g/mol. The number of H-pyrrole nitrogens is 1. The molecule has 0 amide bonds. The Morgan fingerprint density at radius 1 is 1.17 bits per heavy atom. The largest absolute Gasteiger partial charge is 0.346 e. The smallest absolute Gasteiger partial charge is 0.274 e. The molecule has 2 aromatic heterocycles. The summed E-state index contributed by atoms with van der Waals surface area (Å²) in [6, 6.07) is 9.00. The summed E-state index contributed by atoms with van der Waals surface area (Å²) < 4.78 is 24.5. The lowest BCUT2D eigenvalue weighted by atomic mass is 10.0. The van der Waals surface area contributed by atoms with Crippen LogP contribution in [0.25, 0.3) is 22.3 Å². The number of benzene rings is 1. The molecular formula is C14H16ClN5O2S. The Morgan fingerprint density at radius 2 is 1.87 bits per heavy atom. The third kappa shape index (κ3) is 3.85. The third-order valence-electron chi connectivity index (χ3n) is 3.38. The fourth-order valence-corrected chi connectivity index (χ4v) is 2.98. The van der Waals surface area contributed by atoms with E-state index in [0.717, 1.165) is 27.9 Å². The number of nitrogens with two attached hydrogens (primary N) is 1. The van der Waals surface area contributed by atoms with Crippen molar-refractivity contribution in [2.24, 2.45) is 5.14 Å². The molecule has 3 aromatic rings. The summed E-state index contributed by atoms with van der Waals surface area (Å²) in [7, 11) is -3.73. The van der Waals surface area contributed by atoms with Crippen LogP contribution in [0.15, 0.2) is 42.9 Å². The van der Waals surface area contributed by atoms with E-state index in [1.165, 1.54) is 6.33 Å². The number of nitrogens with one attached hydrogen (secondary N) is 2. The van der Waals surface area contributed by atoms with Gasteiger partial charge in [0.15, 0.2) is 0 Å². The van der Waals surface area contributed by atoms with Crippen molar-refractivity contribution in [3.05, 3.63) is 48.4 Å². The van der Waals surface area contributed by atoms with Gasteiger partial charge in [0.05, 0.1) is 5.69 Å². The second-order valence-electron chi connectivity index (χ2n) is 4.97. The van der Waals surface area contributed by atoms with Crippen molar-refractivity contribution in [2.45, 2.75) is 13.0 Å². The molecule has 2 heterocycles. The quantitative estimate of drug-likeness (QED) is 0.664. The number of aromatic nitrogens is 3. The molecule has 3 rings (SSSR count). The lowest BCUT2D eigenvalue weighted by Crippen LogP contribution is -2.32. The van der Waals surface area contributed by atoms with Gasteiger partial charge in [0.1, 0.15) is 12.0 Å². The van der Waals surface area contributed by atoms with Crippen LogP contribution in [0.4, 0.5) is 0 Å². The first-order valence-corrected chi connectivity index (χ1v) is 8.17. The Kier molecular flexibility index (Phi) is 5.00. The highest BCUT2D eigenvalue weighted by atomic mass is 35.5. The van der Waals surface area contributed by atoms with Crippen molar-refractivity contribution in [1.82, 2.24) is 19.7 Å². The van der Waals surface area contributed by atoms with Gasteiger partial charge >= 0.3 is 0 Å². The van der Waals surface area contributed by atoms with Gasteiger partial charge < -0.3 is 4.98 Å². The Morgan fingerprint density at radius 3 is 2.52 bits per heavy atom. The molecule has 23 heavy (non-hydrogen) atoms. The summed E-state index contributed by atoms with van der Waals surface area (Å²) in [5.74, 6) is 0. The second kappa shape index (κ2) is 6.63. The molecule has 1 atom stereocenters. The fourth-order valence-electron chi connectivity index (χ4n) is 2.35. The van der Waals surface area contributed by atoms with Gasteiger partial charge in [-0.2, -0.15) is 13.1 Å². The molecule has 122 valence electrons. The van der Waals surface area contributed by atoms with Gasteiger partial charge in [-0.1, -0.05) is 24.3 Å². The van der Waals surface area contributed by atoms with E-state index in [0.29, 0.717) is 0 Å². The molecule has 4 N–H and O–H groups in total. The third-order valence-corrected chi connectivity index (χ3v) is 4.06. The first-order chi connectivity index (χ1) is 10.4. The van der Waals surface area contributed by atoms with Crippen molar-refractivity contribution in [2.75, 3.05) is 0 Å². The molecule has 1 aromatic carbocycles. The number of halogens is 1. The lowest BCUT2D eigenvalue weighted by molar-refractivity contribution is 0.568. The summed E-state index contributed by atoms with van der Waals surface area (Å²) in [5, 5.41) is 5.92. The van der Waals surface area contributed by atoms with E-state index in [-0.39, 0.29) is 12.4 Å². The van der Waals surface area contributed by atoms with Crippen molar-refractivity contribution in [3.8, 4) is 11.3 Å². The molecule has 0 radical (unpaired) electrons. The van der Waals surface area contributed by atoms with Crippen LogP contribution in [0.5, 0.6) is 0 Å². The number of hydrogen-bond acceptors (Lipinski definition) is 4. The Balaban J connectivity index is 0.00000192. The van der Waals surface area contributed by atoms with Gasteiger partial charge in [0, 0.05) is 23.2 Å². The average Bonchev–Trinajstić information content (AvgIpc) is 2.94. The van der Waals surface area contributed by atoms with E-state index in [4.69, 9.17) is 5.14 Å². The lowest BCUT2D eigenvalue weighted by Gasteiger charge is -2.12. The molecule has 0 saturated heterocycles. The zero-order chi connectivity index (χ0) is 15.7.